The van der Waals surface area contributed by atoms with Crippen LogP contribution in [0.3, 0.4) is 0 Å². The van der Waals surface area contributed by atoms with E-state index in [4.69, 9.17) is 4.98 Å². The van der Waals surface area contributed by atoms with E-state index < -0.39 is 5.97 Å². The van der Waals surface area contributed by atoms with E-state index >= 15 is 0 Å². The molecule has 0 spiro atoms. The molecule has 3 heterocycles. The average Bonchev–Trinajstić information content (AvgIpc) is 3.26. The highest BCUT2D eigenvalue weighted by atomic mass is 32.1. The smallest absolute Gasteiger partial charge is 0.323 e. The molecule has 1 N–H and O–H groups in total. The molecule has 3 aromatic rings. The Morgan fingerprint density at radius 3 is 2.59 bits per heavy atom. The van der Waals surface area contributed by atoms with Crippen LogP contribution >= 0.6 is 11.3 Å². The fourth-order valence-corrected chi connectivity index (χ4v) is 3.60. The minimum atomic E-state index is -1.04. The highest BCUT2D eigenvalue weighted by molar-refractivity contribution is 7.13. The number of aliphatic carboxylic acids is 1. The third kappa shape index (κ3) is 3.71. The Balaban J connectivity index is 2.21. The summed E-state index contributed by atoms with van der Waals surface area (Å²) >= 11 is 1.54. The summed E-state index contributed by atoms with van der Waals surface area (Å²) in [4.78, 5) is 31.5. The average molecular weight is 386 g/mol. The number of carboxylic acid groups (broad SMARTS) is 1. The summed E-state index contributed by atoms with van der Waals surface area (Å²) in [7, 11) is 0. The van der Waals surface area contributed by atoms with E-state index in [1.165, 1.54) is 16.2 Å². The molecule has 0 saturated heterocycles. The van der Waals surface area contributed by atoms with Gasteiger partial charge in [-0.2, -0.15) is 5.10 Å². The molecule has 8 heteroatoms. The summed E-state index contributed by atoms with van der Waals surface area (Å²) < 4.78 is 1.78. The van der Waals surface area contributed by atoms with Gasteiger partial charge in [0.05, 0.1) is 27.7 Å². The predicted octanol–water partition coefficient (Wildman–Crippen LogP) is 3.68. The number of amides is 1. The number of pyridine rings is 1. The maximum atomic E-state index is 13.2. The van der Waals surface area contributed by atoms with Crippen molar-refractivity contribution in [1.29, 1.82) is 0 Å². The third-order valence-electron chi connectivity index (χ3n) is 4.25. The third-order valence-corrected chi connectivity index (χ3v) is 5.14. The molecule has 0 aliphatic heterocycles. The van der Waals surface area contributed by atoms with Gasteiger partial charge in [-0.1, -0.05) is 6.07 Å². The quantitative estimate of drug-likeness (QED) is 0.698. The molecule has 142 valence electrons. The first-order chi connectivity index (χ1) is 12.8. The number of aromatic nitrogens is 3. The molecule has 0 unspecified atom stereocenters. The second-order valence-electron chi connectivity index (χ2n) is 6.87. The fraction of sp³-hybridized carbons (Fsp3) is 0.368. The largest absolute Gasteiger partial charge is 0.480 e. The Bertz CT molecular complexity index is 976. The van der Waals surface area contributed by atoms with Gasteiger partial charge < -0.3 is 10.0 Å². The molecule has 1 amide bonds. The first kappa shape index (κ1) is 19.0. The van der Waals surface area contributed by atoms with Crippen molar-refractivity contribution in [1.82, 2.24) is 19.7 Å². The molecule has 0 bridgehead atoms. The van der Waals surface area contributed by atoms with E-state index in [2.05, 4.69) is 5.10 Å². The Labute approximate surface area is 161 Å². The van der Waals surface area contributed by atoms with E-state index in [-0.39, 0.29) is 24.5 Å². The Hall–Kier alpha value is -2.74. The van der Waals surface area contributed by atoms with Gasteiger partial charge in [0.25, 0.3) is 5.91 Å². The number of thiophene rings is 1. The van der Waals surface area contributed by atoms with Crippen molar-refractivity contribution in [3.05, 3.63) is 35.3 Å². The van der Waals surface area contributed by atoms with Crippen molar-refractivity contribution in [3.8, 4) is 10.6 Å². The second-order valence-corrected chi connectivity index (χ2v) is 7.82. The van der Waals surface area contributed by atoms with Crippen molar-refractivity contribution in [2.75, 3.05) is 6.54 Å². The van der Waals surface area contributed by atoms with Crippen LogP contribution in [0.4, 0.5) is 0 Å². The number of fused-ring (bicyclic) bond motifs is 1. The summed E-state index contributed by atoms with van der Waals surface area (Å²) in [5.41, 5.74) is 1.73. The lowest BCUT2D eigenvalue weighted by atomic mass is 10.1. The highest BCUT2D eigenvalue weighted by Gasteiger charge is 2.26. The van der Waals surface area contributed by atoms with Gasteiger partial charge in [-0.25, -0.2) is 9.67 Å². The van der Waals surface area contributed by atoms with Crippen molar-refractivity contribution in [2.45, 2.75) is 39.8 Å². The van der Waals surface area contributed by atoms with Crippen LogP contribution in [0.2, 0.25) is 0 Å². The molecule has 0 aliphatic carbocycles. The molecule has 0 fully saturated rings. The number of hydrogen-bond donors (Lipinski definition) is 1. The number of hydrogen-bond acceptors (Lipinski definition) is 5. The number of rotatable bonds is 6. The molecule has 3 rings (SSSR count). The molecular formula is C19H22N4O3S. The van der Waals surface area contributed by atoms with Crippen LogP contribution in [-0.4, -0.2) is 49.2 Å². The molecule has 0 aromatic carbocycles. The zero-order valence-electron chi connectivity index (χ0n) is 15.7. The Kier molecular flexibility index (Phi) is 5.27. The van der Waals surface area contributed by atoms with Crippen molar-refractivity contribution < 1.29 is 14.7 Å². The van der Waals surface area contributed by atoms with Gasteiger partial charge in [0.2, 0.25) is 0 Å². The predicted molar refractivity (Wildman–Crippen MR) is 105 cm³/mol. The lowest BCUT2D eigenvalue weighted by molar-refractivity contribution is -0.138. The number of carbonyl (C=O) groups is 2. The summed E-state index contributed by atoms with van der Waals surface area (Å²) in [6, 6.07) is 5.44. The standard InChI is InChI=1S/C19H22N4O3S/c1-11(2)22(10-17(24)25)19(26)13-8-15(16-6-5-7-27-16)21-18-14(13)9-20-23(18)12(3)4/h5-9,11-12H,10H2,1-4H3,(H,24,25). The molecule has 0 aliphatic rings. The molecular weight excluding hydrogens is 364 g/mol. The topological polar surface area (TPSA) is 88.3 Å². The maximum Gasteiger partial charge on any atom is 0.323 e. The monoisotopic (exact) mass is 386 g/mol. The van der Waals surface area contributed by atoms with E-state index in [0.717, 1.165) is 4.88 Å². The van der Waals surface area contributed by atoms with Gasteiger partial charge >= 0.3 is 5.97 Å². The summed E-state index contributed by atoms with van der Waals surface area (Å²) in [6.07, 6.45) is 1.63. The first-order valence-corrected chi connectivity index (χ1v) is 9.62. The van der Waals surface area contributed by atoms with Crippen LogP contribution in [-0.2, 0) is 4.79 Å². The molecule has 0 saturated carbocycles. The van der Waals surface area contributed by atoms with Crippen LogP contribution in [0, 0.1) is 0 Å². The zero-order chi connectivity index (χ0) is 19.7. The maximum absolute atomic E-state index is 13.2. The SMILES string of the molecule is CC(C)N(CC(=O)O)C(=O)c1cc(-c2cccs2)nc2c1cnn2C(C)C. The lowest BCUT2D eigenvalue weighted by Gasteiger charge is -2.25. The first-order valence-electron chi connectivity index (χ1n) is 8.74. The fourth-order valence-electron chi connectivity index (χ4n) is 2.91. The Morgan fingerprint density at radius 2 is 2.04 bits per heavy atom. The molecule has 3 aromatic heterocycles. The summed E-state index contributed by atoms with van der Waals surface area (Å²) in [5.74, 6) is -1.38. The van der Waals surface area contributed by atoms with E-state index in [9.17, 15) is 14.7 Å². The van der Waals surface area contributed by atoms with Crippen LogP contribution in [0.1, 0.15) is 44.1 Å². The minimum Gasteiger partial charge on any atom is -0.480 e. The van der Waals surface area contributed by atoms with Crippen LogP contribution in [0.5, 0.6) is 0 Å². The number of carbonyl (C=O) groups excluding carboxylic acids is 1. The van der Waals surface area contributed by atoms with Crippen molar-refractivity contribution in [2.24, 2.45) is 0 Å². The van der Waals surface area contributed by atoms with Crippen molar-refractivity contribution >= 4 is 34.2 Å². The van der Waals surface area contributed by atoms with Crippen LogP contribution < -0.4 is 0 Å². The molecule has 0 atom stereocenters. The lowest BCUT2D eigenvalue weighted by Crippen LogP contribution is -2.40. The van der Waals surface area contributed by atoms with Crippen LogP contribution in [0.25, 0.3) is 21.6 Å². The van der Waals surface area contributed by atoms with Gasteiger partial charge in [-0.15, -0.1) is 11.3 Å². The Morgan fingerprint density at radius 1 is 1.30 bits per heavy atom. The zero-order valence-corrected chi connectivity index (χ0v) is 16.5. The van der Waals surface area contributed by atoms with Gasteiger partial charge in [0.1, 0.15) is 6.54 Å². The summed E-state index contributed by atoms with van der Waals surface area (Å²) in [6.45, 7) is 7.25. The number of carboxylic acids is 1. The summed E-state index contributed by atoms with van der Waals surface area (Å²) in [5, 5.41) is 16.2. The van der Waals surface area contributed by atoms with E-state index in [1.54, 1.807) is 30.8 Å². The van der Waals surface area contributed by atoms with E-state index in [0.29, 0.717) is 22.3 Å². The van der Waals surface area contributed by atoms with Gasteiger partial charge in [0, 0.05) is 12.1 Å². The van der Waals surface area contributed by atoms with Crippen LogP contribution in [0.15, 0.2) is 29.8 Å². The highest BCUT2D eigenvalue weighted by Crippen LogP contribution is 2.29. The van der Waals surface area contributed by atoms with Gasteiger partial charge in [-0.05, 0) is 45.2 Å². The molecule has 27 heavy (non-hydrogen) atoms. The van der Waals surface area contributed by atoms with Gasteiger partial charge in [-0.3, -0.25) is 9.59 Å². The molecule has 0 radical (unpaired) electrons. The minimum absolute atomic E-state index is 0.0803. The number of nitrogens with zero attached hydrogens (tertiary/aromatic N) is 4. The van der Waals surface area contributed by atoms with Crippen molar-refractivity contribution in [3.63, 3.8) is 0 Å². The molecule has 7 nitrogen and oxygen atoms in total. The van der Waals surface area contributed by atoms with Gasteiger partial charge in [0.15, 0.2) is 5.65 Å². The second kappa shape index (κ2) is 7.48. The van der Waals surface area contributed by atoms with E-state index in [1.807, 2.05) is 31.4 Å². The normalized spacial score (nSPS) is 11.5.